The van der Waals surface area contributed by atoms with Crippen LogP contribution in [0.4, 0.5) is 0 Å². The third-order valence-electron chi connectivity index (χ3n) is 2.13. The van der Waals surface area contributed by atoms with Crippen molar-refractivity contribution in [3.05, 3.63) is 42.2 Å². The second-order valence-electron chi connectivity index (χ2n) is 3.16. The fraction of sp³-hybridized carbons (Fsp3) is 0.182. The van der Waals surface area contributed by atoms with Gasteiger partial charge in [0.2, 0.25) is 0 Å². The smallest absolute Gasteiger partial charge is 0.301 e. The van der Waals surface area contributed by atoms with Crippen molar-refractivity contribution in [1.29, 1.82) is 0 Å². The molecule has 0 radical (unpaired) electrons. The van der Waals surface area contributed by atoms with E-state index in [1.165, 1.54) is 0 Å². The van der Waals surface area contributed by atoms with Crippen LogP contribution in [0.2, 0.25) is 0 Å². The van der Waals surface area contributed by atoms with E-state index in [0.29, 0.717) is 6.01 Å². The monoisotopic (exact) mass is 188 g/mol. The Bertz CT molecular complexity index is 420. The highest BCUT2D eigenvalue weighted by atomic mass is 16.5. The summed E-state index contributed by atoms with van der Waals surface area (Å²) in [6.45, 7) is 1.99. The summed E-state index contributed by atoms with van der Waals surface area (Å²) in [5.74, 6) is 0.807. The lowest BCUT2D eigenvalue weighted by Crippen LogP contribution is -1.95. The SMILES string of the molecule is Cc1cnc(Oc2ccccc2)n1C. The Morgan fingerprint density at radius 3 is 2.50 bits per heavy atom. The van der Waals surface area contributed by atoms with Crippen LogP contribution in [-0.2, 0) is 7.05 Å². The molecule has 1 heterocycles. The Morgan fingerprint density at radius 2 is 1.93 bits per heavy atom. The van der Waals surface area contributed by atoms with Crippen LogP contribution in [0.1, 0.15) is 5.69 Å². The molecule has 3 heteroatoms. The average molecular weight is 188 g/mol. The Hall–Kier alpha value is -1.77. The highest BCUT2D eigenvalue weighted by Crippen LogP contribution is 2.19. The van der Waals surface area contributed by atoms with Crippen LogP contribution < -0.4 is 4.74 Å². The number of rotatable bonds is 2. The van der Waals surface area contributed by atoms with Crippen molar-refractivity contribution < 1.29 is 4.74 Å². The second kappa shape index (κ2) is 3.54. The number of aryl methyl sites for hydroxylation is 1. The van der Waals surface area contributed by atoms with E-state index < -0.39 is 0 Å². The predicted octanol–water partition coefficient (Wildman–Crippen LogP) is 2.52. The molecule has 0 spiro atoms. The number of hydrogen-bond donors (Lipinski definition) is 0. The minimum atomic E-state index is 0.619. The maximum absolute atomic E-state index is 5.58. The lowest BCUT2D eigenvalue weighted by Gasteiger charge is -2.04. The first kappa shape index (κ1) is 8.81. The average Bonchev–Trinajstić information content (AvgIpc) is 2.52. The zero-order chi connectivity index (χ0) is 9.97. The topological polar surface area (TPSA) is 27.1 Å². The third kappa shape index (κ3) is 1.62. The molecule has 72 valence electrons. The number of hydrogen-bond acceptors (Lipinski definition) is 2. The molecule has 0 aliphatic rings. The Morgan fingerprint density at radius 1 is 1.21 bits per heavy atom. The summed E-state index contributed by atoms with van der Waals surface area (Å²) >= 11 is 0. The highest BCUT2D eigenvalue weighted by Gasteiger charge is 2.04. The van der Waals surface area contributed by atoms with Gasteiger partial charge in [-0.1, -0.05) is 18.2 Å². The number of ether oxygens (including phenoxy) is 1. The first-order valence-corrected chi connectivity index (χ1v) is 4.48. The van der Waals surface area contributed by atoms with E-state index in [9.17, 15) is 0 Å². The Labute approximate surface area is 83.0 Å². The zero-order valence-electron chi connectivity index (χ0n) is 8.27. The summed E-state index contributed by atoms with van der Waals surface area (Å²) < 4.78 is 7.49. The molecule has 0 bridgehead atoms. The van der Waals surface area contributed by atoms with Gasteiger partial charge in [0.1, 0.15) is 5.75 Å². The molecule has 0 N–H and O–H groups in total. The minimum absolute atomic E-state index is 0.619. The van der Waals surface area contributed by atoms with E-state index in [0.717, 1.165) is 11.4 Å². The summed E-state index contributed by atoms with van der Waals surface area (Å²) in [5.41, 5.74) is 1.08. The molecule has 2 aromatic rings. The Balaban J connectivity index is 2.23. The Kier molecular flexibility index (Phi) is 2.23. The van der Waals surface area contributed by atoms with Crippen LogP contribution in [0.3, 0.4) is 0 Å². The summed E-state index contributed by atoms with van der Waals surface area (Å²) in [7, 11) is 1.93. The van der Waals surface area contributed by atoms with Gasteiger partial charge in [-0.05, 0) is 19.1 Å². The van der Waals surface area contributed by atoms with Crippen LogP contribution in [0, 0.1) is 6.92 Å². The van der Waals surface area contributed by atoms with Gasteiger partial charge in [0.15, 0.2) is 0 Å². The van der Waals surface area contributed by atoms with Gasteiger partial charge in [0.05, 0.1) is 6.20 Å². The van der Waals surface area contributed by atoms with Gasteiger partial charge < -0.3 is 9.30 Å². The molecule has 0 saturated carbocycles. The van der Waals surface area contributed by atoms with Crippen LogP contribution in [0.25, 0.3) is 0 Å². The second-order valence-corrected chi connectivity index (χ2v) is 3.16. The van der Waals surface area contributed by atoms with Gasteiger partial charge in [-0.3, -0.25) is 0 Å². The van der Waals surface area contributed by atoms with Crippen LogP contribution in [0.15, 0.2) is 36.5 Å². The molecule has 1 aromatic carbocycles. The van der Waals surface area contributed by atoms with Gasteiger partial charge in [-0.2, -0.15) is 0 Å². The first-order chi connectivity index (χ1) is 6.77. The van der Waals surface area contributed by atoms with Crippen molar-refractivity contribution >= 4 is 0 Å². The molecule has 0 fully saturated rings. The minimum Gasteiger partial charge on any atom is -0.426 e. The molecule has 1 aromatic heterocycles. The maximum Gasteiger partial charge on any atom is 0.301 e. The molecule has 0 unspecified atom stereocenters. The van der Waals surface area contributed by atoms with Crippen LogP contribution in [-0.4, -0.2) is 9.55 Å². The van der Waals surface area contributed by atoms with E-state index in [2.05, 4.69) is 4.98 Å². The lowest BCUT2D eigenvalue weighted by atomic mass is 10.3. The van der Waals surface area contributed by atoms with E-state index >= 15 is 0 Å². The summed E-state index contributed by atoms with van der Waals surface area (Å²) in [6.07, 6.45) is 1.79. The highest BCUT2D eigenvalue weighted by molar-refractivity contribution is 5.24. The van der Waals surface area contributed by atoms with Crippen molar-refractivity contribution in [1.82, 2.24) is 9.55 Å². The number of nitrogens with zero attached hydrogens (tertiary/aromatic N) is 2. The molecule has 0 aliphatic heterocycles. The molecule has 0 amide bonds. The van der Waals surface area contributed by atoms with Gasteiger partial charge in [-0.25, -0.2) is 4.98 Å². The van der Waals surface area contributed by atoms with Gasteiger partial charge >= 0.3 is 6.01 Å². The van der Waals surface area contributed by atoms with Crippen molar-refractivity contribution in [2.75, 3.05) is 0 Å². The molecule has 14 heavy (non-hydrogen) atoms. The van der Waals surface area contributed by atoms with E-state index in [1.807, 2.05) is 48.9 Å². The summed E-state index contributed by atoms with van der Waals surface area (Å²) in [5, 5.41) is 0. The fourth-order valence-electron chi connectivity index (χ4n) is 1.16. The zero-order valence-corrected chi connectivity index (χ0v) is 8.27. The maximum atomic E-state index is 5.58. The molecule has 0 atom stereocenters. The van der Waals surface area contributed by atoms with Crippen molar-refractivity contribution in [3.8, 4) is 11.8 Å². The first-order valence-electron chi connectivity index (χ1n) is 4.48. The number of aromatic nitrogens is 2. The van der Waals surface area contributed by atoms with Gasteiger partial charge in [-0.15, -0.1) is 0 Å². The van der Waals surface area contributed by atoms with Gasteiger partial charge in [0.25, 0.3) is 0 Å². The third-order valence-corrected chi connectivity index (χ3v) is 2.13. The quantitative estimate of drug-likeness (QED) is 0.724. The molecule has 3 nitrogen and oxygen atoms in total. The standard InChI is InChI=1S/C11H12N2O/c1-9-8-12-11(13(9)2)14-10-6-4-3-5-7-10/h3-8H,1-2H3. The number of imidazole rings is 1. The molecular formula is C11H12N2O. The predicted molar refractivity (Wildman–Crippen MR) is 54.5 cm³/mol. The van der Waals surface area contributed by atoms with E-state index in [-0.39, 0.29) is 0 Å². The number of para-hydroxylation sites is 1. The lowest BCUT2D eigenvalue weighted by molar-refractivity contribution is 0.423. The summed E-state index contributed by atoms with van der Waals surface area (Å²) in [6, 6.07) is 10.3. The summed E-state index contributed by atoms with van der Waals surface area (Å²) in [4.78, 5) is 4.15. The molecule has 0 saturated heterocycles. The molecule has 0 aliphatic carbocycles. The van der Waals surface area contributed by atoms with Crippen LogP contribution in [0.5, 0.6) is 11.8 Å². The van der Waals surface area contributed by atoms with E-state index in [1.54, 1.807) is 6.20 Å². The van der Waals surface area contributed by atoms with Crippen LogP contribution >= 0.6 is 0 Å². The molecular weight excluding hydrogens is 176 g/mol. The molecule has 2 rings (SSSR count). The van der Waals surface area contributed by atoms with Gasteiger partial charge in [0, 0.05) is 12.7 Å². The van der Waals surface area contributed by atoms with E-state index in [4.69, 9.17) is 4.74 Å². The largest absolute Gasteiger partial charge is 0.426 e. The van der Waals surface area contributed by atoms with Crippen molar-refractivity contribution in [2.45, 2.75) is 6.92 Å². The van der Waals surface area contributed by atoms with Crippen molar-refractivity contribution in [3.63, 3.8) is 0 Å². The number of benzene rings is 1. The normalized spacial score (nSPS) is 10.1. The fourth-order valence-corrected chi connectivity index (χ4v) is 1.16. The van der Waals surface area contributed by atoms with Crippen molar-refractivity contribution in [2.24, 2.45) is 7.05 Å².